The molecule has 0 atom stereocenters. The minimum absolute atomic E-state index is 0.0622. The van der Waals surface area contributed by atoms with Crippen molar-refractivity contribution in [3.63, 3.8) is 0 Å². The van der Waals surface area contributed by atoms with Gasteiger partial charge in [0.1, 0.15) is 0 Å². The average molecular weight is 266 g/mol. The number of hydrogen-bond acceptors (Lipinski definition) is 3. The number of amides is 1. The molecule has 0 unspecified atom stereocenters. The second-order valence-electron chi connectivity index (χ2n) is 4.70. The van der Waals surface area contributed by atoms with Crippen LogP contribution < -0.4 is 10.1 Å². The van der Waals surface area contributed by atoms with Crippen molar-refractivity contribution in [2.24, 2.45) is 0 Å². The first-order valence-electron chi connectivity index (χ1n) is 6.45. The zero-order chi connectivity index (χ0) is 13.8. The van der Waals surface area contributed by atoms with Gasteiger partial charge in [0.25, 0.3) is 5.91 Å². The highest BCUT2D eigenvalue weighted by atomic mass is 19.1. The Balaban J connectivity index is 2.08. The van der Waals surface area contributed by atoms with Crippen molar-refractivity contribution < 1.29 is 13.9 Å². The molecule has 1 aromatic carbocycles. The van der Waals surface area contributed by atoms with Crippen LogP contribution in [0.4, 0.5) is 4.39 Å². The molecule has 19 heavy (non-hydrogen) atoms. The Hall–Kier alpha value is -1.62. The predicted molar refractivity (Wildman–Crippen MR) is 70.9 cm³/mol. The summed E-state index contributed by atoms with van der Waals surface area (Å²) in [6, 6.07) is 4.71. The molecular formula is C14H19FN2O2. The number of rotatable bonds is 3. The van der Waals surface area contributed by atoms with Gasteiger partial charge in [-0.25, -0.2) is 4.39 Å². The smallest absolute Gasteiger partial charge is 0.253 e. The van der Waals surface area contributed by atoms with E-state index in [0.29, 0.717) is 11.6 Å². The molecule has 1 saturated heterocycles. The summed E-state index contributed by atoms with van der Waals surface area (Å²) in [6.45, 7) is 1.45. The molecule has 1 N–H and O–H groups in total. The van der Waals surface area contributed by atoms with Crippen LogP contribution in [0.1, 0.15) is 23.2 Å². The molecule has 0 bridgehead atoms. The third-order valence-electron chi connectivity index (χ3n) is 3.59. The summed E-state index contributed by atoms with van der Waals surface area (Å²) in [5, 5.41) is 3.22. The lowest BCUT2D eigenvalue weighted by Gasteiger charge is -2.31. The number of ether oxygens (including phenoxy) is 1. The molecule has 1 aromatic rings. The third-order valence-corrected chi connectivity index (χ3v) is 3.59. The second kappa shape index (κ2) is 6.02. The number of likely N-dealkylation sites (tertiary alicyclic amines) is 1. The first-order valence-corrected chi connectivity index (χ1v) is 6.45. The van der Waals surface area contributed by atoms with Crippen LogP contribution in [-0.4, -0.2) is 44.1 Å². The van der Waals surface area contributed by atoms with Crippen molar-refractivity contribution >= 4 is 5.91 Å². The van der Waals surface area contributed by atoms with Crippen molar-refractivity contribution in [1.82, 2.24) is 10.2 Å². The quantitative estimate of drug-likeness (QED) is 0.904. The van der Waals surface area contributed by atoms with Crippen LogP contribution in [0.15, 0.2) is 18.2 Å². The summed E-state index contributed by atoms with van der Waals surface area (Å²) in [5.74, 6) is -0.406. The molecular weight excluding hydrogens is 247 g/mol. The standard InChI is InChI=1S/C14H19FN2O2/c1-16-11-5-7-17(8-6-11)14(18)10-3-4-12(15)13(9-10)19-2/h3-4,9,11,16H,5-8H2,1-2H3. The highest BCUT2D eigenvalue weighted by Crippen LogP contribution is 2.20. The van der Waals surface area contributed by atoms with Crippen molar-refractivity contribution in [1.29, 1.82) is 0 Å². The Kier molecular flexibility index (Phi) is 4.37. The Bertz CT molecular complexity index is 457. The molecule has 5 heteroatoms. The lowest BCUT2D eigenvalue weighted by atomic mass is 10.0. The van der Waals surface area contributed by atoms with E-state index in [1.165, 1.54) is 25.3 Å². The van der Waals surface area contributed by atoms with Gasteiger partial charge in [-0.2, -0.15) is 0 Å². The fraction of sp³-hybridized carbons (Fsp3) is 0.500. The number of benzene rings is 1. The monoisotopic (exact) mass is 266 g/mol. The summed E-state index contributed by atoms with van der Waals surface area (Å²) >= 11 is 0. The van der Waals surface area contributed by atoms with Crippen LogP contribution in [0.3, 0.4) is 0 Å². The molecule has 1 aliphatic heterocycles. The first-order chi connectivity index (χ1) is 9.15. The van der Waals surface area contributed by atoms with Crippen molar-refractivity contribution in [3.8, 4) is 5.75 Å². The molecule has 1 amide bonds. The highest BCUT2D eigenvalue weighted by molar-refractivity contribution is 5.94. The minimum atomic E-state index is -0.451. The summed E-state index contributed by atoms with van der Waals surface area (Å²) < 4.78 is 18.2. The van der Waals surface area contributed by atoms with Gasteiger partial charge in [0.2, 0.25) is 0 Å². The Labute approximate surface area is 112 Å². The number of piperidine rings is 1. The normalized spacial score (nSPS) is 16.5. The Morgan fingerprint density at radius 2 is 2.11 bits per heavy atom. The molecule has 0 spiro atoms. The van der Waals surface area contributed by atoms with Gasteiger partial charge in [-0.05, 0) is 38.1 Å². The van der Waals surface area contributed by atoms with E-state index in [4.69, 9.17) is 4.74 Å². The maximum atomic E-state index is 13.3. The van der Waals surface area contributed by atoms with Gasteiger partial charge in [-0.1, -0.05) is 0 Å². The van der Waals surface area contributed by atoms with E-state index in [1.807, 2.05) is 7.05 Å². The second-order valence-corrected chi connectivity index (χ2v) is 4.70. The number of methoxy groups -OCH3 is 1. The predicted octanol–water partition coefficient (Wildman–Crippen LogP) is 1.66. The van der Waals surface area contributed by atoms with E-state index in [-0.39, 0.29) is 11.7 Å². The molecule has 0 aromatic heterocycles. The van der Waals surface area contributed by atoms with Crippen molar-refractivity contribution in [2.45, 2.75) is 18.9 Å². The van der Waals surface area contributed by atoms with Crippen LogP contribution in [0, 0.1) is 5.82 Å². The minimum Gasteiger partial charge on any atom is -0.494 e. The molecule has 2 rings (SSSR count). The molecule has 104 valence electrons. The van der Waals surface area contributed by atoms with Crippen molar-refractivity contribution in [3.05, 3.63) is 29.6 Å². The third kappa shape index (κ3) is 3.04. The van der Waals surface area contributed by atoms with Gasteiger partial charge in [-0.3, -0.25) is 4.79 Å². The zero-order valence-corrected chi connectivity index (χ0v) is 11.3. The van der Waals surface area contributed by atoms with E-state index in [9.17, 15) is 9.18 Å². The maximum absolute atomic E-state index is 13.3. The van der Waals surface area contributed by atoms with Crippen LogP contribution in [0.25, 0.3) is 0 Å². The Morgan fingerprint density at radius 3 is 2.68 bits per heavy atom. The molecule has 4 nitrogen and oxygen atoms in total. The van der Waals surface area contributed by atoms with Gasteiger partial charge in [0.05, 0.1) is 7.11 Å². The number of nitrogens with one attached hydrogen (secondary N) is 1. The topological polar surface area (TPSA) is 41.6 Å². The van der Waals surface area contributed by atoms with Gasteiger partial charge < -0.3 is 15.0 Å². The van der Waals surface area contributed by atoms with E-state index in [2.05, 4.69) is 5.32 Å². The van der Waals surface area contributed by atoms with E-state index in [0.717, 1.165) is 25.9 Å². The fourth-order valence-corrected chi connectivity index (χ4v) is 2.35. The van der Waals surface area contributed by atoms with Gasteiger partial charge >= 0.3 is 0 Å². The molecule has 1 aliphatic rings. The summed E-state index contributed by atoms with van der Waals surface area (Å²) in [6.07, 6.45) is 1.89. The lowest BCUT2D eigenvalue weighted by Crippen LogP contribution is -2.43. The van der Waals surface area contributed by atoms with Crippen LogP contribution in [-0.2, 0) is 0 Å². The zero-order valence-electron chi connectivity index (χ0n) is 11.3. The van der Waals surface area contributed by atoms with E-state index in [1.54, 1.807) is 4.90 Å². The van der Waals surface area contributed by atoms with Gasteiger partial charge in [0, 0.05) is 24.7 Å². The first kappa shape index (κ1) is 13.8. The summed E-state index contributed by atoms with van der Waals surface area (Å²) in [7, 11) is 3.33. The van der Waals surface area contributed by atoms with Crippen LogP contribution >= 0.6 is 0 Å². The highest BCUT2D eigenvalue weighted by Gasteiger charge is 2.23. The summed E-state index contributed by atoms with van der Waals surface area (Å²) in [4.78, 5) is 14.1. The maximum Gasteiger partial charge on any atom is 0.253 e. The van der Waals surface area contributed by atoms with Crippen LogP contribution in [0.5, 0.6) is 5.75 Å². The number of hydrogen-bond donors (Lipinski definition) is 1. The molecule has 0 radical (unpaired) electrons. The number of nitrogens with zero attached hydrogens (tertiary/aromatic N) is 1. The van der Waals surface area contributed by atoms with E-state index < -0.39 is 5.82 Å². The summed E-state index contributed by atoms with van der Waals surface area (Å²) in [5.41, 5.74) is 0.473. The number of carbonyl (C=O) groups is 1. The average Bonchev–Trinajstić information content (AvgIpc) is 2.47. The molecule has 1 heterocycles. The fourth-order valence-electron chi connectivity index (χ4n) is 2.35. The van der Waals surface area contributed by atoms with Gasteiger partial charge in [-0.15, -0.1) is 0 Å². The Morgan fingerprint density at radius 1 is 1.42 bits per heavy atom. The number of halogens is 1. The largest absolute Gasteiger partial charge is 0.494 e. The number of carbonyl (C=O) groups excluding carboxylic acids is 1. The molecule has 1 fully saturated rings. The SMILES string of the molecule is CNC1CCN(C(=O)c2ccc(F)c(OC)c2)CC1. The van der Waals surface area contributed by atoms with E-state index >= 15 is 0 Å². The van der Waals surface area contributed by atoms with Crippen LogP contribution in [0.2, 0.25) is 0 Å². The van der Waals surface area contributed by atoms with Gasteiger partial charge in [0.15, 0.2) is 11.6 Å². The van der Waals surface area contributed by atoms with Crippen molar-refractivity contribution in [2.75, 3.05) is 27.2 Å². The lowest BCUT2D eigenvalue weighted by molar-refractivity contribution is 0.0707. The molecule has 0 aliphatic carbocycles. The molecule has 0 saturated carbocycles.